The summed E-state index contributed by atoms with van der Waals surface area (Å²) in [6.45, 7) is 9.23. The maximum atomic E-state index is 3.23. The van der Waals surface area contributed by atoms with Gasteiger partial charge in [0.2, 0.25) is 0 Å². The van der Waals surface area contributed by atoms with Crippen LogP contribution in [0, 0.1) is 5.92 Å². The summed E-state index contributed by atoms with van der Waals surface area (Å²) < 4.78 is 0. The van der Waals surface area contributed by atoms with E-state index in [1.54, 1.807) is 0 Å². The largest absolute Gasteiger partial charge is 0.320 e. The summed E-state index contributed by atoms with van der Waals surface area (Å²) in [5.74, 6) is 0.980. The van der Waals surface area contributed by atoms with Gasteiger partial charge in [-0.2, -0.15) is 0 Å². The summed E-state index contributed by atoms with van der Waals surface area (Å²) in [6, 6.07) is 0. The van der Waals surface area contributed by atoms with E-state index >= 15 is 0 Å². The summed E-state index contributed by atoms with van der Waals surface area (Å²) in [5, 5.41) is 3.23. The molecular weight excluding hydrogens is 210 g/mol. The maximum Gasteiger partial charge on any atom is 0.00106 e. The number of hydrogen-bond donors (Lipinski definition) is 1. The molecule has 3 nitrogen and oxygen atoms in total. The highest BCUT2D eigenvalue weighted by molar-refractivity contribution is 4.77. The van der Waals surface area contributed by atoms with E-state index in [1.807, 2.05) is 7.05 Å². The van der Waals surface area contributed by atoms with Crippen LogP contribution in [0.1, 0.15) is 32.1 Å². The highest BCUT2D eigenvalue weighted by atomic mass is 15.2. The van der Waals surface area contributed by atoms with Crippen LogP contribution in [0.4, 0.5) is 0 Å². The van der Waals surface area contributed by atoms with Gasteiger partial charge in [-0.15, -0.1) is 0 Å². The molecule has 2 aliphatic rings. The van der Waals surface area contributed by atoms with Crippen LogP contribution in [0.5, 0.6) is 0 Å². The van der Waals surface area contributed by atoms with Crippen molar-refractivity contribution >= 4 is 0 Å². The van der Waals surface area contributed by atoms with Crippen LogP contribution in [-0.2, 0) is 0 Å². The molecule has 0 unspecified atom stereocenters. The Balaban J connectivity index is 1.57. The Morgan fingerprint density at radius 3 is 2.35 bits per heavy atom. The van der Waals surface area contributed by atoms with E-state index in [0.29, 0.717) is 0 Å². The number of nitrogens with one attached hydrogen (secondary N) is 1. The standard InChI is InChI=1S/C14H29N3/c1-15-7-4-10-16-11-5-14(6-12-16)13-17-8-2-3-9-17/h14-15H,2-13H2,1H3. The van der Waals surface area contributed by atoms with Crippen molar-refractivity contribution in [2.45, 2.75) is 32.1 Å². The minimum Gasteiger partial charge on any atom is -0.320 e. The van der Waals surface area contributed by atoms with Crippen molar-refractivity contribution in [1.29, 1.82) is 0 Å². The molecule has 0 bridgehead atoms. The first-order chi connectivity index (χ1) is 8.38. The summed E-state index contributed by atoms with van der Waals surface area (Å²) in [6.07, 6.45) is 7.02. The minimum atomic E-state index is 0.980. The monoisotopic (exact) mass is 239 g/mol. The van der Waals surface area contributed by atoms with E-state index in [2.05, 4.69) is 15.1 Å². The summed E-state index contributed by atoms with van der Waals surface area (Å²) >= 11 is 0. The summed E-state index contributed by atoms with van der Waals surface area (Å²) in [4.78, 5) is 5.33. The van der Waals surface area contributed by atoms with Gasteiger partial charge >= 0.3 is 0 Å². The lowest BCUT2D eigenvalue weighted by Gasteiger charge is -2.33. The molecule has 0 aromatic carbocycles. The lowest BCUT2D eigenvalue weighted by atomic mass is 9.96. The molecular formula is C14H29N3. The minimum absolute atomic E-state index is 0.980. The third-order valence-electron chi connectivity index (χ3n) is 4.32. The molecule has 0 atom stereocenters. The van der Waals surface area contributed by atoms with Crippen molar-refractivity contribution in [3.63, 3.8) is 0 Å². The molecule has 0 aromatic heterocycles. The topological polar surface area (TPSA) is 18.5 Å². The Bertz CT molecular complexity index is 194. The molecule has 0 saturated carbocycles. The maximum absolute atomic E-state index is 3.23. The smallest absolute Gasteiger partial charge is 0.00106 e. The van der Waals surface area contributed by atoms with Crippen molar-refractivity contribution in [3.8, 4) is 0 Å². The fraction of sp³-hybridized carbons (Fsp3) is 1.00. The predicted octanol–water partition coefficient (Wildman–Crippen LogP) is 1.40. The molecule has 0 radical (unpaired) electrons. The van der Waals surface area contributed by atoms with Crippen LogP contribution >= 0.6 is 0 Å². The first kappa shape index (κ1) is 13.3. The first-order valence-electron chi connectivity index (χ1n) is 7.48. The molecule has 2 heterocycles. The van der Waals surface area contributed by atoms with Gasteiger partial charge in [0, 0.05) is 6.54 Å². The van der Waals surface area contributed by atoms with E-state index in [9.17, 15) is 0 Å². The third kappa shape index (κ3) is 4.57. The van der Waals surface area contributed by atoms with E-state index in [1.165, 1.54) is 71.4 Å². The van der Waals surface area contributed by atoms with Gasteiger partial charge in [0.1, 0.15) is 0 Å². The molecule has 17 heavy (non-hydrogen) atoms. The van der Waals surface area contributed by atoms with E-state index < -0.39 is 0 Å². The molecule has 2 saturated heterocycles. The molecule has 3 heteroatoms. The number of nitrogens with zero attached hydrogens (tertiary/aromatic N) is 2. The van der Waals surface area contributed by atoms with Crippen LogP contribution in [0.25, 0.3) is 0 Å². The Morgan fingerprint density at radius 2 is 1.71 bits per heavy atom. The van der Waals surface area contributed by atoms with Gasteiger partial charge in [-0.05, 0) is 84.3 Å². The van der Waals surface area contributed by atoms with Gasteiger partial charge in [-0.3, -0.25) is 0 Å². The third-order valence-corrected chi connectivity index (χ3v) is 4.32. The van der Waals surface area contributed by atoms with Crippen LogP contribution in [0.2, 0.25) is 0 Å². The fourth-order valence-corrected chi connectivity index (χ4v) is 3.20. The zero-order valence-electron chi connectivity index (χ0n) is 11.5. The molecule has 2 fully saturated rings. The summed E-state index contributed by atoms with van der Waals surface area (Å²) in [5.41, 5.74) is 0. The van der Waals surface area contributed by atoms with Crippen LogP contribution in [0.3, 0.4) is 0 Å². The van der Waals surface area contributed by atoms with Crippen LogP contribution in [0.15, 0.2) is 0 Å². The highest BCUT2D eigenvalue weighted by Gasteiger charge is 2.22. The van der Waals surface area contributed by atoms with E-state index in [-0.39, 0.29) is 0 Å². The molecule has 0 spiro atoms. The molecule has 0 aromatic rings. The zero-order chi connectivity index (χ0) is 11.9. The van der Waals surface area contributed by atoms with E-state index in [0.717, 1.165) is 12.5 Å². The average Bonchev–Trinajstić information content (AvgIpc) is 2.85. The SMILES string of the molecule is CNCCCN1CCC(CN2CCCC2)CC1. The first-order valence-corrected chi connectivity index (χ1v) is 7.48. The fourth-order valence-electron chi connectivity index (χ4n) is 3.20. The molecule has 2 rings (SSSR count). The Kier molecular flexibility index (Phi) is 5.75. The molecule has 2 aliphatic heterocycles. The molecule has 0 amide bonds. The Labute approximate surface area is 107 Å². The highest BCUT2D eigenvalue weighted by Crippen LogP contribution is 2.20. The van der Waals surface area contributed by atoms with Crippen molar-refractivity contribution in [1.82, 2.24) is 15.1 Å². The molecule has 0 aliphatic carbocycles. The second-order valence-electron chi connectivity index (χ2n) is 5.75. The molecule has 1 N–H and O–H groups in total. The van der Waals surface area contributed by atoms with Gasteiger partial charge in [0.15, 0.2) is 0 Å². The number of likely N-dealkylation sites (tertiary alicyclic amines) is 2. The van der Waals surface area contributed by atoms with Crippen molar-refractivity contribution in [2.24, 2.45) is 5.92 Å². The van der Waals surface area contributed by atoms with Gasteiger partial charge in [-0.25, -0.2) is 0 Å². The van der Waals surface area contributed by atoms with E-state index in [4.69, 9.17) is 0 Å². The predicted molar refractivity (Wildman–Crippen MR) is 73.4 cm³/mol. The number of rotatable bonds is 6. The van der Waals surface area contributed by atoms with Crippen LogP contribution < -0.4 is 5.32 Å². The number of hydrogen-bond acceptors (Lipinski definition) is 3. The van der Waals surface area contributed by atoms with Gasteiger partial charge in [-0.1, -0.05) is 0 Å². The summed E-state index contributed by atoms with van der Waals surface area (Å²) in [7, 11) is 2.04. The Hall–Kier alpha value is -0.120. The van der Waals surface area contributed by atoms with Gasteiger partial charge in [0.25, 0.3) is 0 Å². The lowest BCUT2D eigenvalue weighted by Crippen LogP contribution is -2.39. The molecule has 100 valence electrons. The number of piperidine rings is 1. The zero-order valence-corrected chi connectivity index (χ0v) is 11.5. The van der Waals surface area contributed by atoms with Crippen molar-refractivity contribution < 1.29 is 0 Å². The Morgan fingerprint density at radius 1 is 1.00 bits per heavy atom. The average molecular weight is 239 g/mol. The van der Waals surface area contributed by atoms with Gasteiger partial charge < -0.3 is 15.1 Å². The lowest BCUT2D eigenvalue weighted by molar-refractivity contribution is 0.153. The van der Waals surface area contributed by atoms with Crippen molar-refractivity contribution in [3.05, 3.63) is 0 Å². The van der Waals surface area contributed by atoms with Gasteiger partial charge in [0.05, 0.1) is 0 Å². The van der Waals surface area contributed by atoms with Crippen LogP contribution in [-0.4, -0.2) is 62.7 Å². The second-order valence-corrected chi connectivity index (χ2v) is 5.75. The normalized spacial score (nSPS) is 24.5. The second kappa shape index (κ2) is 7.34. The van der Waals surface area contributed by atoms with Crippen molar-refractivity contribution in [2.75, 3.05) is 52.9 Å². The quantitative estimate of drug-likeness (QED) is 0.707.